The summed E-state index contributed by atoms with van der Waals surface area (Å²) in [4.78, 5) is 17.6. The van der Waals surface area contributed by atoms with Gasteiger partial charge in [0.25, 0.3) is 6.01 Å². The van der Waals surface area contributed by atoms with E-state index in [2.05, 4.69) is 16.8 Å². The Balaban J connectivity index is 1.97. The number of anilines is 1. The van der Waals surface area contributed by atoms with Crippen molar-refractivity contribution < 1.29 is 19.1 Å². The van der Waals surface area contributed by atoms with Gasteiger partial charge in [-0.1, -0.05) is 6.92 Å². The van der Waals surface area contributed by atoms with Gasteiger partial charge in [0, 0.05) is 6.54 Å². The van der Waals surface area contributed by atoms with Gasteiger partial charge in [-0.25, -0.2) is 4.79 Å². The Morgan fingerprint density at radius 1 is 1.52 bits per heavy atom. The molecule has 0 bridgehead atoms. The fourth-order valence-electron chi connectivity index (χ4n) is 2.58. The predicted molar refractivity (Wildman–Crippen MR) is 77.8 cm³/mol. The zero-order chi connectivity index (χ0) is 15.0. The van der Waals surface area contributed by atoms with E-state index in [9.17, 15) is 4.79 Å². The molecular formula is C15H18N2O4. The van der Waals surface area contributed by atoms with E-state index in [4.69, 9.17) is 14.3 Å². The first-order valence-corrected chi connectivity index (χ1v) is 7.10. The van der Waals surface area contributed by atoms with E-state index < -0.39 is 5.97 Å². The summed E-state index contributed by atoms with van der Waals surface area (Å²) in [6, 6.07) is 5.49. The second-order valence-electron chi connectivity index (χ2n) is 5.34. The maximum absolute atomic E-state index is 11.0. The number of hydrogen-bond acceptors (Lipinski definition) is 5. The maximum Gasteiger partial charge on any atom is 0.335 e. The second-order valence-corrected chi connectivity index (χ2v) is 5.34. The van der Waals surface area contributed by atoms with Crippen LogP contribution in [0.5, 0.6) is 0 Å². The van der Waals surface area contributed by atoms with Crippen molar-refractivity contribution in [2.75, 3.05) is 18.1 Å². The lowest BCUT2D eigenvalue weighted by atomic mass is 10.1. The van der Waals surface area contributed by atoms with Gasteiger partial charge >= 0.3 is 5.97 Å². The van der Waals surface area contributed by atoms with Crippen LogP contribution in [0.3, 0.4) is 0 Å². The zero-order valence-electron chi connectivity index (χ0n) is 12.1. The minimum Gasteiger partial charge on any atom is -0.478 e. The van der Waals surface area contributed by atoms with Crippen molar-refractivity contribution in [2.24, 2.45) is 0 Å². The highest BCUT2D eigenvalue weighted by Gasteiger charge is 2.29. The molecule has 2 heterocycles. The Hall–Kier alpha value is -2.08. The van der Waals surface area contributed by atoms with E-state index in [0.29, 0.717) is 23.7 Å². The lowest BCUT2D eigenvalue weighted by molar-refractivity contribution is 0.0279. The maximum atomic E-state index is 11.0. The number of morpholine rings is 1. The molecule has 1 N–H and O–H groups in total. The Morgan fingerprint density at radius 2 is 2.33 bits per heavy atom. The summed E-state index contributed by atoms with van der Waals surface area (Å²) in [7, 11) is 0. The summed E-state index contributed by atoms with van der Waals surface area (Å²) in [5, 5.41) is 9.03. The molecule has 112 valence electrons. The highest BCUT2D eigenvalue weighted by molar-refractivity contribution is 5.92. The van der Waals surface area contributed by atoms with Crippen LogP contribution in [0.15, 0.2) is 22.6 Å². The van der Waals surface area contributed by atoms with Gasteiger partial charge in [0.05, 0.1) is 24.3 Å². The molecular weight excluding hydrogens is 272 g/mol. The molecule has 0 radical (unpaired) electrons. The van der Waals surface area contributed by atoms with E-state index in [1.165, 1.54) is 12.1 Å². The molecule has 0 amide bonds. The number of carboxylic acid groups (broad SMARTS) is 1. The lowest BCUT2D eigenvalue weighted by Crippen LogP contribution is -2.48. The normalized spacial score (nSPS) is 22.7. The number of ether oxygens (including phenoxy) is 1. The number of hydrogen-bond donors (Lipinski definition) is 1. The van der Waals surface area contributed by atoms with E-state index in [0.717, 1.165) is 13.0 Å². The monoisotopic (exact) mass is 290 g/mol. The largest absolute Gasteiger partial charge is 0.478 e. The molecule has 3 rings (SSSR count). The van der Waals surface area contributed by atoms with Crippen molar-refractivity contribution in [3.63, 3.8) is 0 Å². The molecule has 1 fully saturated rings. The van der Waals surface area contributed by atoms with Crippen molar-refractivity contribution in [3.8, 4) is 0 Å². The molecule has 6 heteroatoms. The second kappa shape index (κ2) is 5.37. The highest BCUT2D eigenvalue weighted by Crippen LogP contribution is 2.27. The molecule has 1 aromatic carbocycles. The molecule has 2 unspecified atom stereocenters. The molecule has 0 saturated carbocycles. The summed E-state index contributed by atoms with van der Waals surface area (Å²) in [6.07, 6.45) is 1.06. The van der Waals surface area contributed by atoms with Gasteiger partial charge in [-0.3, -0.25) is 0 Å². The van der Waals surface area contributed by atoms with Crippen LogP contribution < -0.4 is 4.90 Å². The lowest BCUT2D eigenvalue weighted by Gasteiger charge is -2.37. The van der Waals surface area contributed by atoms with Gasteiger partial charge in [0.2, 0.25) is 0 Å². The number of aromatic carboxylic acids is 1. The highest BCUT2D eigenvalue weighted by atomic mass is 16.5. The van der Waals surface area contributed by atoms with Crippen LogP contribution in [-0.4, -0.2) is 41.4 Å². The van der Waals surface area contributed by atoms with Crippen molar-refractivity contribution in [2.45, 2.75) is 32.4 Å². The Morgan fingerprint density at radius 3 is 3.05 bits per heavy atom. The zero-order valence-corrected chi connectivity index (χ0v) is 12.1. The molecule has 0 spiro atoms. The SMILES string of the molecule is CCC1COC(C)CN1c1nc2ccc(C(=O)O)cc2o1. The Labute approximate surface area is 122 Å². The van der Waals surface area contributed by atoms with E-state index in [1.54, 1.807) is 6.07 Å². The van der Waals surface area contributed by atoms with Crippen LogP contribution in [0.4, 0.5) is 6.01 Å². The molecule has 1 saturated heterocycles. The number of benzene rings is 1. The predicted octanol–water partition coefficient (Wildman–Crippen LogP) is 2.53. The van der Waals surface area contributed by atoms with Crippen LogP contribution in [0.2, 0.25) is 0 Å². The third-order valence-electron chi connectivity index (χ3n) is 3.81. The average Bonchev–Trinajstić information content (AvgIpc) is 2.89. The van der Waals surface area contributed by atoms with Crippen LogP contribution in [0.1, 0.15) is 30.6 Å². The number of fused-ring (bicyclic) bond motifs is 1. The molecule has 2 aromatic rings. The summed E-state index contributed by atoms with van der Waals surface area (Å²) in [5.74, 6) is -0.971. The van der Waals surface area contributed by atoms with Crippen LogP contribution in [0.25, 0.3) is 11.1 Å². The van der Waals surface area contributed by atoms with Gasteiger partial charge in [-0.05, 0) is 31.5 Å². The molecule has 1 aromatic heterocycles. The number of carbonyl (C=O) groups is 1. The van der Waals surface area contributed by atoms with Gasteiger partial charge in [-0.2, -0.15) is 4.98 Å². The fraction of sp³-hybridized carbons (Fsp3) is 0.467. The van der Waals surface area contributed by atoms with Gasteiger partial charge < -0.3 is 19.2 Å². The minimum atomic E-state index is -0.971. The van der Waals surface area contributed by atoms with Crippen molar-refractivity contribution in [1.82, 2.24) is 4.98 Å². The smallest absolute Gasteiger partial charge is 0.335 e. The molecule has 6 nitrogen and oxygen atoms in total. The number of rotatable bonds is 3. The third-order valence-corrected chi connectivity index (χ3v) is 3.81. The molecule has 1 aliphatic rings. The number of oxazole rings is 1. The summed E-state index contributed by atoms with van der Waals surface area (Å²) >= 11 is 0. The van der Waals surface area contributed by atoms with Crippen LogP contribution >= 0.6 is 0 Å². The minimum absolute atomic E-state index is 0.123. The van der Waals surface area contributed by atoms with Crippen LogP contribution in [-0.2, 0) is 4.74 Å². The van der Waals surface area contributed by atoms with Gasteiger partial charge in [-0.15, -0.1) is 0 Å². The molecule has 21 heavy (non-hydrogen) atoms. The molecule has 0 aliphatic carbocycles. The Bertz CT molecular complexity index is 667. The first kappa shape index (κ1) is 13.9. The topological polar surface area (TPSA) is 75.8 Å². The average molecular weight is 290 g/mol. The quantitative estimate of drug-likeness (QED) is 0.936. The van der Waals surface area contributed by atoms with Crippen molar-refractivity contribution in [3.05, 3.63) is 23.8 Å². The summed E-state index contributed by atoms with van der Waals surface area (Å²) in [5.41, 5.74) is 1.37. The Kier molecular flexibility index (Phi) is 3.55. The standard InChI is InChI=1S/C15H18N2O4/c1-3-11-8-20-9(2)7-17(11)15-16-12-5-4-10(14(18)19)6-13(12)21-15/h4-6,9,11H,3,7-8H2,1-2H3,(H,18,19). The fourth-order valence-corrected chi connectivity index (χ4v) is 2.58. The number of aromatic nitrogens is 1. The first-order chi connectivity index (χ1) is 10.1. The number of nitrogens with zero attached hydrogens (tertiary/aromatic N) is 2. The first-order valence-electron chi connectivity index (χ1n) is 7.10. The summed E-state index contributed by atoms with van der Waals surface area (Å²) in [6.45, 7) is 5.49. The van der Waals surface area contributed by atoms with Crippen molar-refractivity contribution in [1.29, 1.82) is 0 Å². The van der Waals surface area contributed by atoms with Crippen LogP contribution in [0, 0.1) is 0 Å². The van der Waals surface area contributed by atoms with Gasteiger partial charge in [0.1, 0.15) is 5.52 Å². The van der Waals surface area contributed by atoms with E-state index >= 15 is 0 Å². The van der Waals surface area contributed by atoms with E-state index in [-0.39, 0.29) is 17.7 Å². The summed E-state index contributed by atoms with van der Waals surface area (Å²) < 4.78 is 11.4. The molecule has 1 aliphatic heterocycles. The molecule has 2 atom stereocenters. The third kappa shape index (κ3) is 2.58. The number of carboxylic acids is 1. The van der Waals surface area contributed by atoms with Gasteiger partial charge in [0.15, 0.2) is 5.58 Å². The van der Waals surface area contributed by atoms with Crippen molar-refractivity contribution >= 4 is 23.1 Å². The van der Waals surface area contributed by atoms with E-state index in [1.807, 2.05) is 6.92 Å².